The van der Waals surface area contributed by atoms with Crippen molar-refractivity contribution < 1.29 is 4.79 Å². The molecule has 0 radical (unpaired) electrons. The van der Waals surface area contributed by atoms with Crippen LogP contribution in [0.3, 0.4) is 0 Å². The Morgan fingerprint density at radius 3 is 2.33 bits per heavy atom. The van der Waals surface area contributed by atoms with Gasteiger partial charge in [-0.25, -0.2) is 5.01 Å². The first-order valence-electron chi connectivity index (χ1n) is 11.6. The molecule has 2 fully saturated rings. The minimum Gasteiger partial charge on any atom is -0.284 e. The molecule has 2 unspecified atom stereocenters. The molecule has 2 aromatic rings. The molecule has 1 N–H and O–H groups in total. The molecule has 0 bridgehead atoms. The summed E-state index contributed by atoms with van der Waals surface area (Å²) in [5.74, 6) is 1.17. The molecule has 1 amide bonds. The molecule has 0 aromatic heterocycles. The number of hydrazone groups is 1. The van der Waals surface area contributed by atoms with Crippen LogP contribution in [-0.4, -0.2) is 29.7 Å². The van der Waals surface area contributed by atoms with E-state index < -0.39 is 0 Å². The van der Waals surface area contributed by atoms with Crippen LogP contribution in [0.2, 0.25) is 15.1 Å². The molecule has 5 nitrogen and oxygen atoms in total. The van der Waals surface area contributed by atoms with Gasteiger partial charge in [0.05, 0.1) is 16.8 Å². The number of anilines is 1. The SMILES string of the molecule is CC[C@H]1C(C(=O)NN2CC3CCCC3C2)=NN(c2ccc(Cl)cc2Cl)[C@@H]1c1ccc(Cl)cc1. The van der Waals surface area contributed by atoms with Crippen molar-refractivity contribution in [2.75, 3.05) is 18.1 Å². The van der Waals surface area contributed by atoms with Gasteiger partial charge in [0.1, 0.15) is 5.71 Å². The summed E-state index contributed by atoms with van der Waals surface area (Å²) in [6.45, 7) is 3.94. The van der Waals surface area contributed by atoms with Gasteiger partial charge in [-0.2, -0.15) is 5.10 Å². The summed E-state index contributed by atoms with van der Waals surface area (Å²) in [5.41, 5.74) is 5.43. The van der Waals surface area contributed by atoms with E-state index in [0.29, 0.717) is 32.6 Å². The van der Waals surface area contributed by atoms with E-state index >= 15 is 0 Å². The molecule has 3 aliphatic rings. The largest absolute Gasteiger partial charge is 0.284 e. The van der Waals surface area contributed by atoms with Gasteiger partial charge in [-0.1, -0.05) is 60.3 Å². The molecule has 2 aliphatic heterocycles. The van der Waals surface area contributed by atoms with Gasteiger partial charge in [0.15, 0.2) is 0 Å². The number of benzene rings is 2. The van der Waals surface area contributed by atoms with Crippen LogP contribution in [0.4, 0.5) is 5.69 Å². The number of carbonyl (C=O) groups excluding carboxylic acids is 1. The zero-order valence-electron chi connectivity index (χ0n) is 18.5. The minimum absolute atomic E-state index is 0.0972. The molecule has 1 aliphatic carbocycles. The normalized spacial score (nSPS) is 27.0. The highest BCUT2D eigenvalue weighted by atomic mass is 35.5. The Morgan fingerprint density at radius 1 is 1.03 bits per heavy atom. The molecular formula is C25H27Cl3N4O. The first kappa shape index (κ1) is 23.0. The van der Waals surface area contributed by atoms with Crippen molar-refractivity contribution in [3.63, 3.8) is 0 Å². The standard InChI is InChI=1S/C25H27Cl3N4O/c1-2-20-23(25(33)30-31-13-16-4-3-5-17(16)14-31)29-32(22-11-10-19(27)12-21(22)28)24(20)15-6-8-18(26)9-7-15/h6-12,16-17,20,24H,2-5,13-14H2,1H3,(H,30,33)/t16?,17?,20-,24+/m0/s1. The van der Waals surface area contributed by atoms with Crippen LogP contribution in [0.5, 0.6) is 0 Å². The molecule has 1 saturated heterocycles. The van der Waals surface area contributed by atoms with Crippen molar-refractivity contribution in [2.24, 2.45) is 22.9 Å². The first-order chi connectivity index (χ1) is 15.9. The van der Waals surface area contributed by atoms with Crippen LogP contribution in [0.25, 0.3) is 0 Å². The van der Waals surface area contributed by atoms with Crippen molar-refractivity contribution in [1.29, 1.82) is 0 Å². The molecule has 0 spiro atoms. The Hall–Kier alpha value is -1.79. The zero-order valence-corrected chi connectivity index (χ0v) is 20.7. The number of halogens is 3. The van der Waals surface area contributed by atoms with E-state index in [4.69, 9.17) is 39.9 Å². The Labute approximate surface area is 209 Å². The Morgan fingerprint density at radius 2 is 1.70 bits per heavy atom. The van der Waals surface area contributed by atoms with Crippen molar-refractivity contribution in [3.05, 3.63) is 63.1 Å². The molecule has 5 rings (SSSR count). The molecule has 2 heterocycles. The van der Waals surface area contributed by atoms with E-state index in [-0.39, 0.29) is 17.9 Å². The van der Waals surface area contributed by atoms with Gasteiger partial charge in [0.25, 0.3) is 5.91 Å². The number of carbonyl (C=O) groups is 1. The number of nitrogens with one attached hydrogen (secondary N) is 1. The number of fused-ring (bicyclic) bond motifs is 1. The molecule has 2 aromatic carbocycles. The average Bonchev–Trinajstić information content (AvgIpc) is 3.47. The number of hydrazine groups is 1. The number of rotatable bonds is 5. The summed E-state index contributed by atoms with van der Waals surface area (Å²) in [6.07, 6.45) is 4.59. The molecule has 4 atom stereocenters. The quantitative estimate of drug-likeness (QED) is 0.515. The second-order valence-corrected chi connectivity index (χ2v) is 10.5. The van der Waals surface area contributed by atoms with Gasteiger partial charge in [-0.05, 0) is 67.0 Å². The lowest BCUT2D eigenvalue weighted by Crippen LogP contribution is -2.45. The maximum Gasteiger partial charge on any atom is 0.282 e. The highest BCUT2D eigenvalue weighted by molar-refractivity contribution is 6.41. The fraction of sp³-hybridized carbons (Fsp3) is 0.440. The van der Waals surface area contributed by atoms with E-state index in [1.807, 2.05) is 35.3 Å². The van der Waals surface area contributed by atoms with E-state index in [9.17, 15) is 4.79 Å². The molecular weight excluding hydrogens is 479 g/mol. The van der Waals surface area contributed by atoms with Crippen molar-refractivity contribution in [1.82, 2.24) is 10.4 Å². The highest BCUT2D eigenvalue weighted by Crippen LogP contribution is 2.44. The van der Waals surface area contributed by atoms with E-state index in [1.165, 1.54) is 19.3 Å². The van der Waals surface area contributed by atoms with Crippen LogP contribution in [0.15, 0.2) is 47.6 Å². The van der Waals surface area contributed by atoms with E-state index in [0.717, 1.165) is 30.8 Å². The second kappa shape index (κ2) is 9.46. The topological polar surface area (TPSA) is 47.9 Å². The average molecular weight is 506 g/mol. The Bertz CT molecular complexity index is 1060. The van der Waals surface area contributed by atoms with Crippen molar-refractivity contribution in [3.8, 4) is 0 Å². The second-order valence-electron chi connectivity index (χ2n) is 9.23. The lowest BCUT2D eigenvalue weighted by molar-refractivity contribution is -0.119. The number of nitrogens with zero attached hydrogens (tertiary/aromatic N) is 3. The molecule has 1 saturated carbocycles. The smallest absolute Gasteiger partial charge is 0.282 e. The van der Waals surface area contributed by atoms with Gasteiger partial charge < -0.3 is 0 Å². The molecule has 8 heteroatoms. The fourth-order valence-electron chi connectivity index (χ4n) is 5.63. The predicted molar refractivity (Wildman–Crippen MR) is 135 cm³/mol. The third kappa shape index (κ3) is 4.49. The monoisotopic (exact) mass is 504 g/mol. The maximum absolute atomic E-state index is 13.5. The van der Waals surface area contributed by atoms with Crippen LogP contribution in [0, 0.1) is 17.8 Å². The fourth-order valence-corrected chi connectivity index (χ4v) is 6.26. The van der Waals surface area contributed by atoms with E-state index in [1.54, 1.807) is 12.1 Å². The summed E-state index contributed by atoms with van der Waals surface area (Å²) in [7, 11) is 0. The van der Waals surface area contributed by atoms with Crippen LogP contribution in [-0.2, 0) is 4.79 Å². The van der Waals surface area contributed by atoms with Crippen LogP contribution >= 0.6 is 34.8 Å². The van der Waals surface area contributed by atoms with Crippen LogP contribution < -0.4 is 10.4 Å². The summed E-state index contributed by atoms with van der Waals surface area (Å²) in [5, 5.41) is 10.5. The first-order valence-corrected chi connectivity index (χ1v) is 12.7. The summed E-state index contributed by atoms with van der Waals surface area (Å²) in [6, 6.07) is 12.9. The zero-order chi connectivity index (χ0) is 23.1. The van der Waals surface area contributed by atoms with Gasteiger partial charge in [-0.15, -0.1) is 0 Å². The van der Waals surface area contributed by atoms with Gasteiger partial charge >= 0.3 is 0 Å². The Balaban J connectivity index is 1.47. The molecule has 33 heavy (non-hydrogen) atoms. The van der Waals surface area contributed by atoms with Gasteiger partial charge in [0.2, 0.25) is 0 Å². The summed E-state index contributed by atoms with van der Waals surface area (Å²) < 4.78 is 0. The minimum atomic E-state index is -0.176. The predicted octanol–water partition coefficient (Wildman–Crippen LogP) is 6.35. The maximum atomic E-state index is 13.5. The summed E-state index contributed by atoms with van der Waals surface area (Å²) >= 11 is 18.9. The van der Waals surface area contributed by atoms with Crippen molar-refractivity contribution in [2.45, 2.75) is 38.6 Å². The van der Waals surface area contributed by atoms with Gasteiger partial charge in [0, 0.05) is 29.1 Å². The third-order valence-electron chi connectivity index (χ3n) is 7.24. The Kier molecular flexibility index (Phi) is 6.58. The lowest BCUT2D eigenvalue weighted by Gasteiger charge is -2.29. The molecule has 174 valence electrons. The number of amides is 1. The number of hydrogen-bond acceptors (Lipinski definition) is 4. The highest BCUT2D eigenvalue weighted by Gasteiger charge is 2.43. The van der Waals surface area contributed by atoms with E-state index in [2.05, 4.69) is 17.4 Å². The van der Waals surface area contributed by atoms with Gasteiger partial charge in [-0.3, -0.25) is 15.2 Å². The lowest BCUT2D eigenvalue weighted by atomic mass is 9.87. The summed E-state index contributed by atoms with van der Waals surface area (Å²) in [4.78, 5) is 13.5. The number of hydrogen-bond donors (Lipinski definition) is 1. The van der Waals surface area contributed by atoms with Crippen molar-refractivity contribution >= 4 is 52.1 Å². The van der Waals surface area contributed by atoms with Crippen LogP contribution in [0.1, 0.15) is 44.2 Å². The third-order valence-corrected chi connectivity index (χ3v) is 8.03.